The summed E-state index contributed by atoms with van der Waals surface area (Å²) in [6, 6.07) is 7.59. The number of aromatic hydroxyl groups is 1. The van der Waals surface area contributed by atoms with Crippen LogP contribution >= 0.6 is 0 Å². The summed E-state index contributed by atoms with van der Waals surface area (Å²) in [5, 5.41) is 38.7. The minimum absolute atomic E-state index is 0.346. The Morgan fingerprint density at radius 1 is 0.674 bits per heavy atom. The van der Waals surface area contributed by atoms with E-state index in [1.165, 1.54) is 102 Å². The molecule has 0 aliphatic heterocycles. The van der Waals surface area contributed by atoms with Crippen molar-refractivity contribution in [2.24, 2.45) is 5.92 Å². The van der Waals surface area contributed by atoms with Gasteiger partial charge in [-0.2, -0.15) is 0 Å². The number of Topliss-reactive ketones (excluding diaryl/α,β-unsaturated/α-hetero) is 1. The van der Waals surface area contributed by atoms with E-state index in [0.29, 0.717) is 37.0 Å². The number of phenolic OH excluding ortho intramolecular Hbond substituents is 1. The van der Waals surface area contributed by atoms with Crippen molar-refractivity contribution >= 4 is 11.8 Å². The van der Waals surface area contributed by atoms with E-state index in [9.17, 15) is 24.9 Å². The first kappa shape index (κ1) is 38.8. The van der Waals surface area contributed by atoms with Gasteiger partial charge in [-0.3, -0.25) is 9.59 Å². The SMILES string of the molecule is C/C(=C\CCC[C@@H](O)C[C@H](O)CCCCCCCCCCCCCCCCCCc1ccc(O)cc1)C(=O)C(C)C(=O)O. The van der Waals surface area contributed by atoms with Gasteiger partial charge in [0, 0.05) is 0 Å². The molecular formula is C37H62O6. The Labute approximate surface area is 262 Å². The smallest absolute Gasteiger partial charge is 0.314 e. The number of aliphatic hydroxyl groups is 2. The number of aliphatic carboxylic acids is 1. The summed E-state index contributed by atoms with van der Waals surface area (Å²) in [6.45, 7) is 3.03. The molecule has 1 aromatic carbocycles. The van der Waals surface area contributed by atoms with Gasteiger partial charge in [-0.15, -0.1) is 0 Å². The molecule has 0 amide bonds. The molecule has 0 spiro atoms. The highest BCUT2D eigenvalue weighted by Gasteiger charge is 2.21. The molecule has 43 heavy (non-hydrogen) atoms. The van der Waals surface area contributed by atoms with E-state index in [2.05, 4.69) is 0 Å². The molecule has 1 unspecified atom stereocenters. The number of hydrogen-bond acceptors (Lipinski definition) is 5. The molecule has 0 radical (unpaired) electrons. The number of allylic oxidation sites excluding steroid dienone is 2. The summed E-state index contributed by atoms with van der Waals surface area (Å²) in [6.07, 6.45) is 25.5. The highest BCUT2D eigenvalue weighted by molar-refractivity contribution is 6.07. The molecule has 6 nitrogen and oxygen atoms in total. The van der Waals surface area contributed by atoms with Gasteiger partial charge in [-0.25, -0.2) is 0 Å². The van der Waals surface area contributed by atoms with Crippen molar-refractivity contribution in [3.05, 3.63) is 41.5 Å². The topological polar surface area (TPSA) is 115 Å². The summed E-state index contributed by atoms with van der Waals surface area (Å²) < 4.78 is 0. The molecule has 4 N–H and O–H groups in total. The Hall–Kier alpha value is -2.18. The first-order chi connectivity index (χ1) is 20.7. The number of carboxylic acid groups (broad SMARTS) is 1. The zero-order valence-corrected chi connectivity index (χ0v) is 27.3. The number of carboxylic acids is 1. The van der Waals surface area contributed by atoms with Gasteiger partial charge in [0.2, 0.25) is 0 Å². The third kappa shape index (κ3) is 21.2. The third-order valence-corrected chi connectivity index (χ3v) is 8.58. The maximum absolute atomic E-state index is 11.9. The van der Waals surface area contributed by atoms with Crippen LogP contribution < -0.4 is 0 Å². The first-order valence-electron chi connectivity index (χ1n) is 17.3. The number of phenols is 1. The molecule has 0 aliphatic rings. The van der Waals surface area contributed by atoms with Crippen molar-refractivity contribution in [1.82, 2.24) is 0 Å². The van der Waals surface area contributed by atoms with Crippen molar-refractivity contribution in [3.8, 4) is 5.75 Å². The third-order valence-electron chi connectivity index (χ3n) is 8.58. The number of aliphatic hydroxyl groups excluding tert-OH is 2. The van der Waals surface area contributed by atoms with Crippen molar-refractivity contribution in [2.45, 2.75) is 167 Å². The first-order valence-corrected chi connectivity index (χ1v) is 17.3. The van der Waals surface area contributed by atoms with Crippen LogP contribution in [0, 0.1) is 5.92 Å². The average molecular weight is 603 g/mol. The molecule has 0 bridgehead atoms. The molecular weight excluding hydrogens is 540 g/mol. The molecule has 6 heteroatoms. The predicted molar refractivity (Wildman–Crippen MR) is 176 cm³/mol. The number of hydrogen-bond donors (Lipinski definition) is 4. The molecule has 0 saturated carbocycles. The summed E-state index contributed by atoms with van der Waals surface area (Å²) in [4.78, 5) is 22.9. The van der Waals surface area contributed by atoms with Crippen LogP contribution in [0.2, 0.25) is 0 Å². The lowest BCUT2D eigenvalue weighted by atomic mass is 9.98. The lowest BCUT2D eigenvalue weighted by molar-refractivity contribution is -0.144. The average Bonchev–Trinajstić information content (AvgIpc) is 2.98. The Morgan fingerprint density at radius 3 is 1.56 bits per heavy atom. The maximum Gasteiger partial charge on any atom is 0.314 e. The number of aryl methyl sites for hydroxylation is 1. The van der Waals surface area contributed by atoms with Crippen LogP contribution in [0.25, 0.3) is 0 Å². The second-order valence-corrected chi connectivity index (χ2v) is 12.6. The Bertz CT molecular complexity index is 878. The number of carbonyl (C=O) groups is 2. The van der Waals surface area contributed by atoms with Gasteiger partial charge < -0.3 is 20.4 Å². The van der Waals surface area contributed by atoms with E-state index in [1.807, 2.05) is 12.1 Å². The van der Waals surface area contributed by atoms with Gasteiger partial charge in [-0.1, -0.05) is 115 Å². The standard InChI is InChI=1S/C37H62O6/c1-30(36(41)31(2)37(42)43)21-19-20-24-35(40)29-34(39)23-18-16-14-12-10-8-6-4-3-5-7-9-11-13-15-17-22-32-25-27-33(38)28-26-32/h21,25-28,31,34-35,38-40H,3-20,22-24,29H2,1-2H3,(H,42,43)/b30-21+/t31?,34-,35-/m1/s1. The van der Waals surface area contributed by atoms with Gasteiger partial charge in [0.1, 0.15) is 11.7 Å². The normalized spacial score (nSPS) is 14.0. The van der Waals surface area contributed by atoms with E-state index in [0.717, 1.165) is 25.7 Å². The zero-order valence-electron chi connectivity index (χ0n) is 27.3. The van der Waals surface area contributed by atoms with Gasteiger partial charge >= 0.3 is 5.97 Å². The van der Waals surface area contributed by atoms with Crippen molar-refractivity contribution in [1.29, 1.82) is 0 Å². The molecule has 0 aliphatic carbocycles. The second kappa shape index (κ2) is 25.2. The Kier molecular flexibility index (Phi) is 22.7. The largest absolute Gasteiger partial charge is 0.508 e. The van der Waals surface area contributed by atoms with Gasteiger partial charge in [0.15, 0.2) is 5.78 Å². The fourth-order valence-electron chi connectivity index (χ4n) is 5.62. The van der Waals surface area contributed by atoms with Crippen LogP contribution in [0.15, 0.2) is 35.9 Å². The molecule has 0 heterocycles. The Balaban J connectivity index is 1.84. The number of benzene rings is 1. The number of carbonyl (C=O) groups excluding carboxylic acids is 1. The van der Waals surface area contributed by atoms with E-state index in [4.69, 9.17) is 5.11 Å². The summed E-state index contributed by atoms with van der Waals surface area (Å²) in [5.74, 6) is -2.17. The summed E-state index contributed by atoms with van der Waals surface area (Å²) >= 11 is 0. The van der Waals surface area contributed by atoms with Crippen LogP contribution in [0.3, 0.4) is 0 Å². The lowest BCUT2D eigenvalue weighted by Crippen LogP contribution is -2.21. The van der Waals surface area contributed by atoms with E-state index in [1.54, 1.807) is 25.1 Å². The number of ketones is 1. The maximum atomic E-state index is 11.9. The monoisotopic (exact) mass is 602 g/mol. The fraction of sp³-hybridized carbons (Fsp3) is 0.730. The van der Waals surface area contributed by atoms with E-state index >= 15 is 0 Å². The minimum Gasteiger partial charge on any atom is -0.508 e. The predicted octanol–water partition coefficient (Wildman–Crippen LogP) is 9.08. The molecule has 246 valence electrons. The zero-order chi connectivity index (χ0) is 31.7. The quantitative estimate of drug-likeness (QED) is 0.0432. The lowest BCUT2D eigenvalue weighted by Gasteiger charge is -2.15. The van der Waals surface area contributed by atoms with Gasteiger partial charge in [0.05, 0.1) is 12.2 Å². The molecule has 1 rings (SSSR count). The van der Waals surface area contributed by atoms with Crippen LogP contribution in [0.1, 0.15) is 154 Å². The van der Waals surface area contributed by atoms with Crippen molar-refractivity contribution < 1.29 is 30.0 Å². The van der Waals surface area contributed by atoms with Crippen LogP contribution in [0.4, 0.5) is 0 Å². The van der Waals surface area contributed by atoms with Crippen molar-refractivity contribution in [3.63, 3.8) is 0 Å². The highest BCUT2D eigenvalue weighted by Crippen LogP contribution is 2.18. The van der Waals surface area contributed by atoms with Gasteiger partial charge in [-0.05, 0) is 82.1 Å². The van der Waals surface area contributed by atoms with Crippen molar-refractivity contribution in [2.75, 3.05) is 0 Å². The highest BCUT2D eigenvalue weighted by atomic mass is 16.4. The van der Waals surface area contributed by atoms with E-state index in [-0.39, 0.29) is 5.78 Å². The molecule has 0 fully saturated rings. The minimum atomic E-state index is -1.11. The number of rotatable bonds is 28. The summed E-state index contributed by atoms with van der Waals surface area (Å²) in [7, 11) is 0. The molecule has 0 saturated heterocycles. The van der Waals surface area contributed by atoms with Crippen LogP contribution in [0.5, 0.6) is 5.75 Å². The van der Waals surface area contributed by atoms with Crippen LogP contribution in [-0.4, -0.2) is 44.4 Å². The number of unbranched alkanes of at least 4 members (excludes halogenated alkanes) is 16. The van der Waals surface area contributed by atoms with Gasteiger partial charge in [0.25, 0.3) is 0 Å². The Morgan fingerprint density at radius 2 is 1.09 bits per heavy atom. The van der Waals surface area contributed by atoms with Crippen LogP contribution in [-0.2, 0) is 16.0 Å². The molecule has 0 aromatic heterocycles. The van der Waals surface area contributed by atoms with E-state index < -0.39 is 24.1 Å². The fourth-order valence-corrected chi connectivity index (χ4v) is 5.62. The molecule has 3 atom stereocenters. The second-order valence-electron chi connectivity index (χ2n) is 12.6. The summed E-state index contributed by atoms with van der Waals surface area (Å²) in [5.41, 5.74) is 1.77. The molecule has 1 aromatic rings.